The monoisotopic (exact) mass is 266 g/mol. The van der Waals surface area contributed by atoms with Crippen LogP contribution >= 0.6 is 0 Å². The van der Waals surface area contributed by atoms with Crippen LogP contribution in [0.2, 0.25) is 0 Å². The third-order valence-corrected chi connectivity index (χ3v) is 4.60. The van der Waals surface area contributed by atoms with Gasteiger partial charge >= 0.3 is 0 Å². The Morgan fingerprint density at radius 1 is 1.05 bits per heavy atom. The van der Waals surface area contributed by atoms with Gasteiger partial charge in [0, 0.05) is 11.5 Å². The number of hydrogen-bond donors (Lipinski definition) is 1. The highest BCUT2D eigenvalue weighted by molar-refractivity contribution is 5.45. The maximum Gasteiger partial charge on any atom is 0.122 e. The van der Waals surface area contributed by atoms with E-state index in [2.05, 4.69) is 24.3 Å². The summed E-state index contributed by atoms with van der Waals surface area (Å²) in [6.45, 7) is 0.740. The lowest BCUT2D eigenvalue weighted by Crippen LogP contribution is -2.23. The lowest BCUT2D eigenvalue weighted by Gasteiger charge is -2.30. The van der Waals surface area contributed by atoms with Crippen molar-refractivity contribution in [2.24, 2.45) is 0 Å². The molecule has 0 aliphatic heterocycles. The van der Waals surface area contributed by atoms with E-state index in [1.54, 1.807) is 0 Å². The Balaban J connectivity index is 1.50. The molecule has 0 spiro atoms. The molecule has 102 valence electrons. The van der Waals surface area contributed by atoms with E-state index in [-0.39, 0.29) is 6.10 Å². The van der Waals surface area contributed by atoms with Crippen LogP contribution in [-0.4, -0.2) is 11.7 Å². The molecule has 4 rings (SSSR count). The zero-order chi connectivity index (χ0) is 13.5. The average Bonchev–Trinajstić information content (AvgIpc) is 2.83. The summed E-state index contributed by atoms with van der Waals surface area (Å²) in [5.41, 5.74) is 5.14. The third-order valence-electron chi connectivity index (χ3n) is 4.60. The second kappa shape index (κ2) is 4.64. The fourth-order valence-electron chi connectivity index (χ4n) is 3.44. The van der Waals surface area contributed by atoms with Gasteiger partial charge in [-0.05, 0) is 42.0 Å². The van der Waals surface area contributed by atoms with Gasteiger partial charge in [-0.2, -0.15) is 0 Å². The topological polar surface area (TPSA) is 29.5 Å². The van der Waals surface area contributed by atoms with E-state index in [0.717, 1.165) is 37.2 Å². The van der Waals surface area contributed by atoms with Gasteiger partial charge in [-0.25, -0.2) is 0 Å². The molecule has 0 bridgehead atoms. The summed E-state index contributed by atoms with van der Waals surface area (Å²) in [4.78, 5) is 0. The molecule has 1 N–H and O–H groups in total. The largest absolute Gasteiger partial charge is 0.493 e. The maximum atomic E-state index is 9.92. The van der Waals surface area contributed by atoms with Crippen LogP contribution in [0.3, 0.4) is 0 Å². The van der Waals surface area contributed by atoms with Crippen LogP contribution in [0, 0.1) is 0 Å². The lowest BCUT2D eigenvalue weighted by atomic mass is 9.78. The van der Waals surface area contributed by atoms with Gasteiger partial charge in [0.1, 0.15) is 5.75 Å². The lowest BCUT2D eigenvalue weighted by molar-refractivity contribution is 0.180. The number of aliphatic hydroxyl groups is 1. The number of rotatable bonds is 3. The minimum atomic E-state index is -0.307. The first-order chi connectivity index (χ1) is 9.83. The minimum Gasteiger partial charge on any atom is -0.493 e. The molecule has 2 unspecified atom stereocenters. The number of hydrogen-bond acceptors (Lipinski definition) is 2. The Bertz CT molecular complexity index is 648. The molecule has 2 nitrogen and oxygen atoms in total. The molecule has 0 saturated carbocycles. The summed E-state index contributed by atoms with van der Waals surface area (Å²) in [6, 6.07) is 14.6. The van der Waals surface area contributed by atoms with Crippen molar-refractivity contribution >= 4 is 0 Å². The van der Waals surface area contributed by atoms with Gasteiger partial charge in [-0.3, -0.25) is 0 Å². The molecule has 0 saturated heterocycles. The first-order valence-corrected chi connectivity index (χ1v) is 7.33. The van der Waals surface area contributed by atoms with Crippen molar-refractivity contribution < 1.29 is 9.84 Å². The molecule has 2 aromatic carbocycles. The van der Waals surface area contributed by atoms with Crippen LogP contribution in [0.1, 0.15) is 40.7 Å². The van der Waals surface area contributed by atoms with Crippen LogP contribution in [-0.2, 0) is 12.8 Å². The van der Waals surface area contributed by atoms with Crippen LogP contribution in [0.4, 0.5) is 0 Å². The van der Waals surface area contributed by atoms with Gasteiger partial charge in [0.05, 0.1) is 12.7 Å². The molecule has 2 aliphatic carbocycles. The Labute approximate surface area is 119 Å². The van der Waals surface area contributed by atoms with Crippen molar-refractivity contribution in [3.8, 4) is 5.75 Å². The Morgan fingerprint density at radius 3 is 2.80 bits per heavy atom. The molecular formula is C18H18O2. The first kappa shape index (κ1) is 12.0. The minimum absolute atomic E-state index is 0.307. The molecule has 0 heterocycles. The van der Waals surface area contributed by atoms with E-state index < -0.39 is 0 Å². The van der Waals surface area contributed by atoms with E-state index >= 15 is 0 Å². The quantitative estimate of drug-likeness (QED) is 0.922. The fraction of sp³-hybridized carbons (Fsp3) is 0.333. The van der Waals surface area contributed by atoms with Crippen LogP contribution < -0.4 is 4.74 Å². The molecule has 0 amide bonds. The highest BCUT2D eigenvalue weighted by atomic mass is 16.5. The zero-order valence-electron chi connectivity index (χ0n) is 11.4. The Hall–Kier alpha value is -1.80. The van der Waals surface area contributed by atoms with E-state index in [9.17, 15) is 5.11 Å². The molecule has 20 heavy (non-hydrogen) atoms. The summed E-state index contributed by atoms with van der Waals surface area (Å²) in [5.74, 6) is 1.48. The molecule has 0 radical (unpaired) electrons. The summed E-state index contributed by atoms with van der Waals surface area (Å²) >= 11 is 0. The number of ether oxygens (including phenoxy) is 1. The summed E-state index contributed by atoms with van der Waals surface area (Å²) in [5, 5.41) is 9.92. The number of benzene rings is 2. The molecule has 2 atom stereocenters. The summed E-state index contributed by atoms with van der Waals surface area (Å²) in [7, 11) is 0. The van der Waals surface area contributed by atoms with Gasteiger partial charge in [0.15, 0.2) is 0 Å². The van der Waals surface area contributed by atoms with Crippen molar-refractivity contribution in [1.29, 1.82) is 0 Å². The maximum absolute atomic E-state index is 9.92. The van der Waals surface area contributed by atoms with E-state index in [1.807, 2.05) is 18.2 Å². The van der Waals surface area contributed by atoms with Crippen LogP contribution in [0.15, 0.2) is 42.5 Å². The van der Waals surface area contributed by atoms with Gasteiger partial charge in [0.2, 0.25) is 0 Å². The van der Waals surface area contributed by atoms with E-state index in [0.29, 0.717) is 5.92 Å². The summed E-state index contributed by atoms with van der Waals surface area (Å²) in [6.07, 6.45) is 2.56. The van der Waals surface area contributed by atoms with Crippen molar-refractivity contribution in [3.05, 3.63) is 64.7 Å². The molecule has 2 aliphatic rings. The zero-order valence-corrected chi connectivity index (χ0v) is 11.4. The average molecular weight is 266 g/mol. The molecule has 2 aromatic rings. The van der Waals surface area contributed by atoms with Gasteiger partial charge in [-0.15, -0.1) is 0 Å². The molecular weight excluding hydrogens is 248 g/mol. The predicted octanol–water partition coefficient (Wildman–Crippen LogP) is 3.38. The number of fused-ring (bicyclic) bond motifs is 2. The molecule has 2 heteroatoms. The molecule has 0 aromatic heterocycles. The second-order valence-corrected chi connectivity index (χ2v) is 5.79. The van der Waals surface area contributed by atoms with Crippen LogP contribution in [0.5, 0.6) is 5.75 Å². The highest BCUT2D eigenvalue weighted by Crippen LogP contribution is 2.39. The molecule has 0 fully saturated rings. The van der Waals surface area contributed by atoms with Crippen molar-refractivity contribution in [2.75, 3.05) is 6.61 Å². The van der Waals surface area contributed by atoms with E-state index in [4.69, 9.17) is 4.74 Å². The summed E-state index contributed by atoms with van der Waals surface area (Å²) < 4.78 is 6.05. The van der Waals surface area contributed by atoms with E-state index in [1.165, 1.54) is 16.7 Å². The number of aliphatic hydroxyl groups excluding tert-OH is 1. The first-order valence-electron chi connectivity index (χ1n) is 7.33. The SMILES string of the molecule is OC1CCc2c(OCC3Cc4ccccc43)cccc21. The fourth-order valence-corrected chi connectivity index (χ4v) is 3.44. The van der Waals surface area contributed by atoms with Gasteiger partial charge in [0.25, 0.3) is 0 Å². The van der Waals surface area contributed by atoms with Crippen LogP contribution in [0.25, 0.3) is 0 Å². The second-order valence-electron chi connectivity index (χ2n) is 5.79. The Kier molecular flexibility index (Phi) is 2.78. The standard InChI is InChI=1S/C18H18O2/c19-17-9-8-16-15(17)6-3-7-18(16)20-11-13-10-12-4-1-2-5-14(12)13/h1-7,13,17,19H,8-11H2. The third kappa shape index (κ3) is 1.83. The van der Waals surface area contributed by atoms with Gasteiger partial charge in [-0.1, -0.05) is 36.4 Å². The van der Waals surface area contributed by atoms with Crippen molar-refractivity contribution in [2.45, 2.75) is 31.3 Å². The van der Waals surface area contributed by atoms with Crippen molar-refractivity contribution in [3.63, 3.8) is 0 Å². The normalized spacial score (nSPS) is 22.9. The van der Waals surface area contributed by atoms with Crippen molar-refractivity contribution in [1.82, 2.24) is 0 Å². The predicted molar refractivity (Wildman–Crippen MR) is 78.1 cm³/mol. The smallest absolute Gasteiger partial charge is 0.122 e. The highest BCUT2D eigenvalue weighted by Gasteiger charge is 2.27. The Morgan fingerprint density at radius 2 is 1.90 bits per heavy atom. The van der Waals surface area contributed by atoms with Gasteiger partial charge < -0.3 is 9.84 Å².